The first-order valence-electron chi connectivity index (χ1n) is 7.40. The first kappa shape index (κ1) is 14.3. The van der Waals surface area contributed by atoms with Gasteiger partial charge in [0.05, 0.1) is 44.3 Å². The Hall–Kier alpha value is -3.28. The van der Waals surface area contributed by atoms with Crippen molar-refractivity contribution in [2.45, 2.75) is 0 Å². The van der Waals surface area contributed by atoms with Gasteiger partial charge in [0.1, 0.15) is 0 Å². The number of hydrogen-bond acceptors (Lipinski definition) is 5. The highest BCUT2D eigenvalue weighted by molar-refractivity contribution is 5.67. The van der Waals surface area contributed by atoms with E-state index in [2.05, 4.69) is 4.98 Å². The summed E-state index contributed by atoms with van der Waals surface area (Å²) in [5.74, 6) is 1.35. The molecule has 0 fully saturated rings. The molecule has 1 aromatic carbocycles. The number of hydrogen-bond donors (Lipinski definition) is 0. The van der Waals surface area contributed by atoms with E-state index in [4.69, 9.17) is 19.0 Å². The highest BCUT2D eigenvalue weighted by Gasteiger charge is 2.11. The number of ether oxygens (including phenoxy) is 2. The Morgan fingerprint density at radius 1 is 0.958 bits per heavy atom. The molecular formula is C18H15N3O3. The fraction of sp³-hybridized carbons (Fsp3) is 0.111. The summed E-state index contributed by atoms with van der Waals surface area (Å²) in [5.41, 5.74) is 4.32. The molecule has 0 aliphatic heterocycles. The van der Waals surface area contributed by atoms with Gasteiger partial charge in [-0.1, -0.05) is 0 Å². The Kier molecular flexibility index (Phi) is 3.42. The number of rotatable bonds is 4. The van der Waals surface area contributed by atoms with Crippen LogP contribution in [0.4, 0.5) is 0 Å². The van der Waals surface area contributed by atoms with Crippen molar-refractivity contribution in [3.05, 3.63) is 55.1 Å². The van der Waals surface area contributed by atoms with Gasteiger partial charge >= 0.3 is 0 Å². The fourth-order valence-electron chi connectivity index (χ4n) is 2.63. The first-order chi connectivity index (χ1) is 11.8. The quantitative estimate of drug-likeness (QED) is 0.574. The Morgan fingerprint density at radius 2 is 1.83 bits per heavy atom. The lowest BCUT2D eigenvalue weighted by Crippen LogP contribution is -1.97. The second-order valence-electron chi connectivity index (χ2n) is 5.21. The molecule has 3 heterocycles. The SMILES string of the molecule is COc1ccc(-c2ccc3ncc(-c4ccoc4)n3n2)cc1OC. The van der Waals surface area contributed by atoms with Crippen LogP contribution in [0.2, 0.25) is 0 Å². The van der Waals surface area contributed by atoms with Gasteiger partial charge in [0.2, 0.25) is 0 Å². The molecule has 0 aliphatic carbocycles. The van der Waals surface area contributed by atoms with Gasteiger partial charge in [-0.25, -0.2) is 9.50 Å². The number of methoxy groups -OCH3 is 2. The molecule has 4 aromatic rings. The highest BCUT2D eigenvalue weighted by Crippen LogP contribution is 2.32. The lowest BCUT2D eigenvalue weighted by molar-refractivity contribution is 0.355. The summed E-state index contributed by atoms with van der Waals surface area (Å²) in [6.45, 7) is 0. The molecule has 0 radical (unpaired) electrons. The van der Waals surface area contributed by atoms with Gasteiger partial charge < -0.3 is 13.9 Å². The van der Waals surface area contributed by atoms with E-state index in [1.807, 2.05) is 36.4 Å². The fourth-order valence-corrected chi connectivity index (χ4v) is 2.63. The van der Waals surface area contributed by atoms with Crippen LogP contribution in [0.3, 0.4) is 0 Å². The molecule has 6 nitrogen and oxygen atoms in total. The van der Waals surface area contributed by atoms with Crippen molar-refractivity contribution in [2.75, 3.05) is 14.2 Å². The van der Waals surface area contributed by atoms with Gasteiger partial charge in [-0.3, -0.25) is 0 Å². The number of benzene rings is 1. The maximum atomic E-state index is 5.37. The molecule has 6 heteroatoms. The Labute approximate surface area is 138 Å². The standard InChI is InChI=1S/C18H15N3O3/c1-22-16-5-3-12(9-17(16)23-2)14-4-6-18-19-10-15(21(18)20-14)13-7-8-24-11-13/h3-11H,1-2H3. The normalized spacial score (nSPS) is 10.9. The van der Waals surface area contributed by atoms with Crippen molar-refractivity contribution in [3.63, 3.8) is 0 Å². The van der Waals surface area contributed by atoms with E-state index in [-0.39, 0.29) is 0 Å². The van der Waals surface area contributed by atoms with E-state index in [1.54, 1.807) is 37.5 Å². The molecular weight excluding hydrogens is 306 g/mol. The molecule has 0 unspecified atom stereocenters. The van der Waals surface area contributed by atoms with Crippen LogP contribution in [0, 0.1) is 0 Å². The Balaban J connectivity index is 1.84. The van der Waals surface area contributed by atoms with Crippen LogP contribution in [-0.2, 0) is 0 Å². The van der Waals surface area contributed by atoms with Crippen LogP contribution in [0.25, 0.3) is 28.2 Å². The zero-order valence-corrected chi connectivity index (χ0v) is 13.3. The minimum absolute atomic E-state index is 0.664. The average Bonchev–Trinajstić information content (AvgIpc) is 3.29. The monoisotopic (exact) mass is 321 g/mol. The summed E-state index contributed by atoms with van der Waals surface area (Å²) >= 11 is 0. The Morgan fingerprint density at radius 3 is 2.58 bits per heavy atom. The van der Waals surface area contributed by atoms with E-state index >= 15 is 0 Å². The van der Waals surface area contributed by atoms with Gasteiger partial charge in [0, 0.05) is 11.1 Å². The van der Waals surface area contributed by atoms with Crippen molar-refractivity contribution >= 4 is 5.65 Å². The summed E-state index contributed by atoms with van der Waals surface area (Å²) in [5, 5.41) is 4.71. The summed E-state index contributed by atoms with van der Waals surface area (Å²) in [6, 6.07) is 11.5. The lowest BCUT2D eigenvalue weighted by atomic mass is 10.1. The average molecular weight is 321 g/mol. The smallest absolute Gasteiger partial charge is 0.161 e. The molecule has 0 amide bonds. The zero-order valence-electron chi connectivity index (χ0n) is 13.3. The molecule has 120 valence electrons. The van der Waals surface area contributed by atoms with Crippen LogP contribution in [0.5, 0.6) is 11.5 Å². The second-order valence-corrected chi connectivity index (χ2v) is 5.21. The van der Waals surface area contributed by atoms with Gasteiger partial charge in [0.25, 0.3) is 0 Å². The summed E-state index contributed by atoms with van der Waals surface area (Å²) in [6.07, 6.45) is 5.09. The third-order valence-corrected chi connectivity index (χ3v) is 3.86. The van der Waals surface area contributed by atoms with Crippen LogP contribution in [0.1, 0.15) is 0 Å². The second kappa shape index (κ2) is 5.73. The van der Waals surface area contributed by atoms with Gasteiger partial charge in [-0.05, 0) is 36.4 Å². The molecule has 0 aliphatic rings. The summed E-state index contributed by atoms with van der Waals surface area (Å²) in [7, 11) is 3.23. The molecule has 4 rings (SSSR count). The van der Waals surface area contributed by atoms with Crippen LogP contribution in [-0.4, -0.2) is 28.8 Å². The summed E-state index contributed by atoms with van der Waals surface area (Å²) < 4.78 is 17.6. The predicted molar refractivity (Wildman–Crippen MR) is 89.2 cm³/mol. The third kappa shape index (κ3) is 2.28. The number of nitrogens with zero attached hydrogens (tertiary/aromatic N) is 3. The topological polar surface area (TPSA) is 61.8 Å². The van der Waals surface area contributed by atoms with Crippen molar-refractivity contribution in [1.29, 1.82) is 0 Å². The van der Waals surface area contributed by atoms with E-state index in [9.17, 15) is 0 Å². The van der Waals surface area contributed by atoms with Crippen LogP contribution >= 0.6 is 0 Å². The first-order valence-corrected chi connectivity index (χ1v) is 7.40. The molecule has 0 saturated heterocycles. The van der Waals surface area contributed by atoms with E-state index in [0.717, 1.165) is 28.2 Å². The predicted octanol–water partition coefficient (Wildman–Crippen LogP) is 3.67. The molecule has 0 atom stereocenters. The molecule has 0 N–H and O–H groups in total. The van der Waals surface area contributed by atoms with Crippen molar-refractivity contribution in [3.8, 4) is 34.0 Å². The largest absolute Gasteiger partial charge is 0.493 e. The van der Waals surface area contributed by atoms with E-state index in [0.29, 0.717) is 11.5 Å². The summed E-state index contributed by atoms with van der Waals surface area (Å²) in [4.78, 5) is 4.38. The van der Waals surface area contributed by atoms with Gasteiger partial charge in [-0.15, -0.1) is 0 Å². The number of aromatic nitrogens is 3. The highest BCUT2D eigenvalue weighted by atomic mass is 16.5. The third-order valence-electron chi connectivity index (χ3n) is 3.86. The van der Waals surface area contributed by atoms with Crippen molar-refractivity contribution in [2.24, 2.45) is 0 Å². The maximum absolute atomic E-state index is 5.37. The molecule has 0 bridgehead atoms. The molecule has 3 aromatic heterocycles. The molecule has 0 saturated carbocycles. The molecule has 24 heavy (non-hydrogen) atoms. The van der Waals surface area contributed by atoms with E-state index in [1.165, 1.54) is 0 Å². The zero-order chi connectivity index (χ0) is 16.5. The number of furan rings is 1. The maximum Gasteiger partial charge on any atom is 0.161 e. The van der Waals surface area contributed by atoms with Crippen LogP contribution in [0.15, 0.2) is 59.5 Å². The number of imidazole rings is 1. The van der Waals surface area contributed by atoms with Gasteiger partial charge in [0.15, 0.2) is 17.1 Å². The minimum atomic E-state index is 0.664. The minimum Gasteiger partial charge on any atom is -0.493 e. The lowest BCUT2D eigenvalue weighted by Gasteiger charge is -2.09. The van der Waals surface area contributed by atoms with Crippen molar-refractivity contribution in [1.82, 2.24) is 14.6 Å². The van der Waals surface area contributed by atoms with Gasteiger partial charge in [-0.2, -0.15) is 5.10 Å². The van der Waals surface area contributed by atoms with Crippen molar-refractivity contribution < 1.29 is 13.9 Å². The Bertz CT molecular complexity index is 990. The number of fused-ring (bicyclic) bond motifs is 1. The van der Waals surface area contributed by atoms with E-state index < -0.39 is 0 Å². The van der Waals surface area contributed by atoms with Crippen LogP contribution < -0.4 is 9.47 Å². The molecule has 0 spiro atoms.